The summed E-state index contributed by atoms with van der Waals surface area (Å²) in [5.74, 6) is 0.576. The summed E-state index contributed by atoms with van der Waals surface area (Å²) in [6.45, 7) is 6.88. The number of carbonyl (C=O) groups is 1. The fraction of sp³-hybridized carbons (Fsp3) is 0.348. The van der Waals surface area contributed by atoms with E-state index in [2.05, 4.69) is 45.6 Å². The molecule has 3 aromatic rings. The number of aromatic nitrogens is 2. The molecule has 0 unspecified atom stereocenters. The lowest BCUT2D eigenvalue weighted by Gasteiger charge is -2.24. The van der Waals surface area contributed by atoms with Gasteiger partial charge in [-0.2, -0.15) is 0 Å². The van der Waals surface area contributed by atoms with E-state index in [0.717, 1.165) is 17.7 Å². The minimum atomic E-state index is -0.486. The van der Waals surface area contributed by atoms with E-state index < -0.39 is 5.60 Å². The van der Waals surface area contributed by atoms with E-state index in [4.69, 9.17) is 4.74 Å². The average molecular weight is 390 g/mol. The number of carbonyl (C=O) groups excluding carboxylic acids is 1. The Morgan fingerprint density at radius 3 is 2.72 bits per heavy atom. The highest BCUT2D eigenvalue weighted by Gasteiger charge is 2.30. The van der Waals surface area contributed by atoms with E-state index in [1.54, 1.807) is 11.1 Å². The quantitative estimate of drug-likeness (QED) is 0.701. The van der Waals surface area contributed by atoms with E-state index in [1.807, 2.05) is 39.0 Å². The number of nitrogens with zero attached hydrogens (tertiary/aromatic N) is 3. The molecule has 0 radical (unpaired) electrons. The van der Waals surface area contributed by atoms with Crippen molar-refractivity contribution in [3.8, 4) is 11.3 Å². The predicted octanol–water partition coefficient (Wildman–Crippen LogP) is 4.72. The molecule has 150 valence electrons. The third kappa shape index (κ3) is 4.65. The first kappa shape index (κ1) is 19.2. The largest absolute Gasteiger partial charge is 0.444 e. The molecule has 0 spiro atoms. The van der Waals surface area contributed by atoms with Gasteiger partial charge in [-0.1, -0.05) is 36.4 Å². The summed E-state index contributed by atoms with van der Waals surface area (Å²) >= 11 is 0. The van der Waals surface area contributed by atoms with Crippen molar-refractivity contribution < 1.29 is 9.53 Å². The second-order valence-corrected chi connectivity index (χ2v) is 8.38. The van der Waals surface area contributed by atoms with Crippen molar-refractivity contribution in [2.24, 2.45) is 0 Å². The van der Waals surface area contributed by atoms with Crippen molar-refractivity contribution >= 4 is 22.8 Å². The molecule has 1 aliphatic heterocycles. The normalized spacial score (nSPS) is 16.8. The molecule has 1 fully saturated rings. The van der Waals surface area contributed by atoms with Gasteiger partial charge in [0.2, 0.25) is 5.95 Å². The number of benzene rings is 2. The van der Waals surface area contributed by atoms with E-state index >= 15 is 0 Å². The highest BCUT2D eigenvalue weighted by molar-refractivity contribution is 5.86. The van der Waals surface area contributed by atoms with Crippen LogP contribution in [0.5, 0.6) is 0 Å². The van der Waals surface area contributed by atoms with Crippen LogP contribution in [0.25, 0.3) is 22.0 Å². The minimum absolute atomic E-state index is 0.106. The monoisotopic (exact) mass is 390 g/mol. The van der Waals surface area contributed by atoms with Gasteiger partial charge in [-0.05, 0) is 50.1 Å². The smallest absolute Gasteiger partial charge is 0.410 e. The van der Waals surface area contributed by atoms with Crippen LogP contribution in [0.2, 0.25) is 0 Å². The molecular formula is C23H26N4O2. The van der Waals surface area contributed by atoms with Crippen LogP contribution in [0, 0.1) is 0 Å². The van der Waals surface area contributed by atoms with Crippen LogP contribution >= 0.6 is 0 Å². The number of anilines is 1. The molecule has 0 bridgehead atoms. The summed E-state index contributed by atoms with van der Waals surface area (Å²) < 4.78 is 5.46. The fourth-order valence-electron chi connectivity index (χ4n) is 3.49. The molecule has 4 rings (SSSR count). The average Bonchev–Trinajstić information content (AvgIpc) is 3.15. The van der Waals surface area contributed by atoms with Crippen LogP contribution in [0.3, 0.4) is 0 Å². The lowest BCUT2D eigenvalue weighted by Crippen LogP contribution is -2.36. The number of nitrogens with one attached hydrogen (secondary N) is 1. The first-order valence-electron chi connectivity index (χ1n) is 9.94. The summed E-state index contributed by atoms with van der Waals surface area (Å²) in [5, 5.41) is 5.75. The SMILES string of the molecule is CC(C)(C)OC(=O)N1CC[C@H](Nc2nccc(-c3ccc4ccccc4c3)n2)C1. The van der Waals surface area contributed by atoms with E-state index in [0.29, 0.717) is 19.0 Å². The zero-order valence-electron chi connectivity index (χ0n) is 17.1. The summed E-state index contributed by atoms with van der Waals surface area (Å²) in [6.07, 6.45) is 2.33. The molecule has 2 heterocycles. The van der Waals surface area contributed by atoms with Crippen LogP contribution in [-0.2, 0) is 4.74 Å². The summed E-state index contributed by atoms with van der Waals surface area (Å²) in [7, 11) is 0. The van der Waals surface area contributed by atoms with Crippen LogP contribution in [0.15, 0.2) is 54.7 Å². The Bertz CT molecular complexity index is 1030. The van der Waals surface area contributed by atoms with E-state index in [1.165, 1.54) is 10.8 Å². The maximum Gasteiger partial charge on any atom is 0.410 e. The third-order valence-electron chi connectivity index (χ3n) is 4.87. The molecular weight excluding hydrogens is 364 g/mol. The molecule has 0 saturated carbocycles. The molecule has 1 N–H and O–H groups in total. The topological polar surface area (TPSA) is 67.3 Å². The van der Waals surface area contributed by atoms with Crippen LogP contribution in [0.1, 0.15) is 27.2 Å². The van der Waals surface area contributed by atoms with Crippen molar-refractivity contribution in [2.75, 3.05) is 18.4 Å². The second kappa shape index (κ2) is 7.70. The Labute approximate surface area is 170 Å². The van der Waals surface area contributed by atoms with Crippen LogP contribution < -0.4 is 5.32 Å². The van der Waals surface area contributed by atoms with Gasteiger partial charge in [0.15, 0.2) is 0 Å². The molecule has 2 aromatic carbocycles. The van der Waals surface area contributed by atoms with Gasteiger partial charge in [0.05, 0.1) is 5.69 Å². The van der Waals surface area contributed by atoms with Crippen LogP contribution in [-0.4, -0.2) is 45.7 Å². The Balaban J connectivity index is 1.45. The van der Waals surface area contributed by atoms with Gasteiger partial charge < -0.3 is 15.0 Å². The van der Waals surface area contributed by atoms with Gasteiger partial charge in [-0.3, -0.25) is 0 Å². The van der Waals surface area contributed by atoms with Crippen molar-refractivity contribution in [2.45, 2.75) is 38.8 Å². The van der Waals surface area contributed by atoms with Crippen molar-refractivity contribution in [1.29, 1.82) is 0 Å². The number of amides is 1. The molecule has 1 saturated heterocycles. The zero-order chi connectivity index (χ0) is 20.4. The van der Waals surface area contributed by atoms with Gasteiger partial charge in [-0.15, -0.1) is 0 Å². The van der Waals surface area contributed by atoms with Crippen molar-refractivity contribution in [1.82, 2.24) is 14.9 Å². The molecule has 1 atom stereocenters. The molecule has 29 heavy (non-hydrogen) atoms. The fourth-order valence-corrected chi connectivity index (χ4v) is 3.49. The predicted molar refractivity (Wildman–Crippen MR) is 115 cm³/mol. The standard InChI is InChI=1S/C23H26N4O2/c1-23(2,3)29-22(28)27-13-11-19(15-27)25-21-24-12-10-20(26-21)18-9-8-16-6-4-5-7-17(16)14-18/h4-10,12,14,19H,11,13,15H2,1-3H3,(H,24,25,26)/t19-/m0/s1. The van der Waals surface area contributed by atoms with Crippen molar-refractivity contribution in [3.63, 3.8) is 0 Å². The maximum atomic E-state index is 12.2. The van der Waals surface area contributed by atoms with Gasteiger partial charge in [0, 0.05) is 30.9 Å². The molecule has 1 aliphatic rings. The molecule has 1 amide bonds. The van der Waals surface area contributed by atoms with E-state index in [-0.39, 0.29) is 12.1 Å². The van der Waals surface area contributed by atoms with Gasteiger partial charge in [0.25, 0.3) is 0 Å². The number of hydrogen-bond acceptors (Lipinski definition) is 5. The maximum absolute atomic E-state index is 12.2. The number of likely N-dealkylation sites (tertiary alicyclic amines) is 1. The number of ether oxygens (including phenoxy) is 1. The Morgan fingerprint density at radius 1 is 1.14 bits per heavy atom. The summed E-state index contributed by atoms with van der Waals surface area (Å²) in [4.78, 5) is 23.0. The Kier molecular flexibility index (Phi) is 5.09. The first-order valence-corrected chi connectivity index (χ1v) is 9.94. The number of hydrogen-bond donors (Lipinski definition) is 1. The third-order valence-corrected chi connectivity index (χ3v) is 4.87. The molecule has 0 aliphatic carbocycles. The van der Waals surface area contributed by atoms with E-state index in [9.17, 15) is 4.79 Å². The summed E-state index contributed by atoms with van der Waals surface area (Å²) in [6, 6.07) is 16.6. The number of fused-ring (bicyclic) bond motifs is 1. The lowest BCUT2D eigenvalue weighted by molar-refractivity contribution is 0.0293. The van der Waals surface area contributed by atoms with Gasteiger partial charge >= 0.3 is 6.09 Å². The Morgan fingerprint density at radius 2 is 1.93 bits per heavy atom. The summed E-state index contributed by atoms with van der Waals surface area (Å²) in [5.41, 5.74) is 1.44. The molecule has 6 heteroatoms. The number of rotatable bonds is 3. The lowest BCUT2D eigenvalue weighted by atomic mass is 10.1. The van der Waals surface area contributed by atoms with Crippen molar-refractivity contribution in [3.05, 3.63) is 54.7 Å². The molecule has 6 nitrogen and oxygen atoms in total. The van der Waals surface area contributed by atoms with Gasteiger partial charge in [0.1, 0.15) is 5.60 Å². The highest BCUT2D eigenvalue weighted by atomic mass is 16.6. The first-order chi connectivity index (χ1) is 13.9. The van der Waals surface area contributed by atoms with Gasteiger partial charge in [-0.25, -0.2) is 14.8 Å². The highest BCUT2D eigenvalue weighted by Crippen LogP contribution is 2.24. The Hall–Kier alpha value is -3.15. The molecule has 1 aromatic heterocycles. The zero-order valence-corrected chi connectivity index (χ0v) is 17.1. The second-order valence-electron chi connectivity index (χ2n) is 8.38. The minimum Gasteiger partial charge on any atom is -0.444 e. The van der Waals surface area contributed by atoms with Crippen LogP contribution in [0.4, 0.5) is 10.7 Å².